The van der Waals surface area contributed by atoms with Crippen LogP contribution in [0.3, 0.4) is 0 Å². The van der Waals surface area contributed by atoms with Crippen molar-refractivity contribution in [1.29, 1.82) is 0 Å². The number of halogens is 5. The standard InChI is InChI=1S/C25H26F5N3O4/c1-4-16-14-21(34)33(32-22(16)17-7-10-19(36-2)20(13-17)37-3)12-11-15-5-8-18(9-6-15)31-23(35)24(26,27)25(28,29)30/h5-10,13,16H,4,11-12,14H2,1-3H3,(H,31,35). The Balaban J connectivity index is 1.72. The Morgan fingerprint density at radius 2 is 1.70 bits per heavy atom. The van der Waals surface area contributed by atoms with Crippen LogP contribution in [0, 0.1) is 5.92 Å². The van der Waals surface area contributed by atoms with Crippen molar-refractivity contribution < 1.29 is 41.0 Å². The van der Waals surface area contributed by atoms with E-state index in [1.54, 1.807) is 17.4 Å². The first-order valence-electron chi connectivity index (χ1n) is 11.4. The van der Waals surface area contributed by atoms with Crippen molar-refractivity contribution in [3.8, 4) is 11.5 Å². The molecule has 0 saturated heterocycles. The lowest BCUT2D eigenvalue weighted by Gasteiger charge is -2.29. The molecular weight excluding hydrogens is 501 g/mol. The van der Waals surface area contributed by atoms with Crippen LogP contribution in [0.5, 0.6) is 11.5 Å². The van der Waals surface area contributed by atoms with Crippen molar-refractivity contribution in [2.75, 3.05) is 26.1 Å². The smallest absolute Gasteiger partial charge is 0.463 e. The number of ether oxygens (including phenoxy) is 2. The minimum atomic E-state index is -5.99. The number of nitrogens with zero attached hydrogens (tertiary/aromatic N) is 2. The first-order chi connectivity index (χ1) is 17.4. The first kappa shape index (κ1) is 27.9. The lowest BCUT2D eigenvalue weighted by atomic mass is 9.89. The highest BCUT2D eigenvalue weighted by Gasteiger charge is 2.63. The van der Waals surface area contributed by atoms with Gasteiger partial charge in [0.15, 0.2) is 11.5 Å². The van der Waals surface area contributed by atoms with E-state index in [9.17, 15) is 31.5 Å². The molecule has 2 aromatic carbocycles. The zero-order chi connectivity index (χ0) is 27.4. The number of benzene rings is 2. The van der Waals surface area contributed by atoms with Crippen molar-refractivity contribution in [2.45, 2.75) is 38.3 Å². The summed E-state index contributed by atoms with van der Waals surface area (Å²) in [5.74, 6) is -7.13. The van der Waals surface area contributed by atoms with E-state index in [0.29, 0.717) is 29.9 Å². The van der Waals surface area contributed by atoms with E-state index in [4.69, 9.17) is 9.47 Å². The zero-order valence-corrected chi connectivity index (χ0v) is 20.4. The highest BCUT2D eigenvalue weighted by molar-refractivity contribution is 6.06. The fourth-order valence-electron chi connectivity index (χ4n) is 3.81. The molecule has 3 rings (SSSR count). The van der Waals surface area contributed by atoms with Gasteiger partial charge in [-0.15, -0.1) is 0 Å². The van der Waals surface area contributed by atoms with Gasteiger partial charge in [-0.2, -0.15) is 27.1 Å². The Labute approximate surface area is 210 Å². The second-order valence-corrected chi connectivity index (χ2v) is 8.35. The van der Waals surface area contributed by atoms with Crippen LogP contribution in [-0.4, -0.2) is 55.4 Å². The van der Waals surface area contributed by atoms with Gasteiger partial charge >= 0.3 is 18.0 Å². The average molecular weight is 527 g/mol. The van der Waals surface area contributed by atoms with Crippen molar-refractivity contribution in [3.05, 3.63) is 53.6 Å². The molecule has 1 heterocycles. The molecule has 1 N–H and O–H groups in total. The minimum Gasteiger partial charge on any atom is -0.493 e. The molecule has 12 heteroatoms. The molecule has 0 saturated carbocycles. The number of carbonyl (C=O) groups excluding carboxylic acids is 2. The van der Waals surface area contributed by atoms with Crippen LogP contribution in [0.2, 0.25) is 0 Å². The monoisotopic (exact) mass is 527 g/mol. The summed E-state index contributed by atoms with van der Waals surface area (Å²) in [5.41, 5.74) is 1.96. The number of amides is 2. The van der Waals surface area contributed by atoms with Gasteiger partial charge in [0.25, 0.3) is 0 Å². The molecule has 2 aromatic rings. The third kappa shape index (κ3) is 6.17. The van der Waals surface area contributed by atoms with Gasteiger partial charge in [-0.25, -0.2) is 5.01 Å². The number of carbonyl (C=O) groups is 2. The summed E-state index contributed by atoms with van der Waals surface area (Å²) in [4.78, 5) is 24.1. The van der Waals surface area contributed by atoms with Crippen LogP contribution in [0.4, 0.5) is 27.6 Å². The quantitative estimate of drug-likeness (QED) is 0.463. The summed E-state index contributed by atoms with van der Waals surface area (Å²) in [6, 6.07) is 10.7. The molecule has 1 aliphatic rings. The second kappa shape index (κ2) is 11.1. The molecule has 7 nitrogen and oxygen atoms in total. The number of hydrazone groups is 1. The van der Waals surface area contributed by atoms with Crippen molar-refractivity contribution in [2.24, 2.45) is 11.0 Å². The van der Waals surface area contributed by atoms with Gasteiger partial charge in [0.2, 0.25) is 5.91 Å². The largest absolute Gasteiger partial charge is 0.493 e. The molecule has 200 valence electrons. The summed E-state index contributed by atoms with van der Waals surface area (Å²) in [5, 5.41) is 7.52. The maximum absolute atomic E-state index is 13.1. The molecule has 2 amide bonds. The zero-order valence-electron chi connectivity index (χ0n) is 20.4. The molecule has 1 unspecified atom stereocenters. The van der Waals surface area contributed by atoms with E-state index in [2.05, 4.69) is 5.10 Å². The molecule has 0 radical (unpaired) electrons. The van der Waals surface area contributed by atoms with Gasteiger partial charge < -0.3 is 14.8 Å². The third-order valence-corrected chi connectivity index (χ3v) is 5.96. The maximum atomic E-state index is 13.1. The predicted molar refractivity (Wildman–Crippen MR) is 126 cm³/mol. The van der Waals surface area contributed by atoms with Crippen LogP contribution < -0.4 is 14.8 Å². The van der Waals surface area contributed by atoms with Gasteiger partial charge in [-0.1, -0.05) is 19.1 Å². The van der Waals surface area contributed by atoms with Crippen LogP contribution in [-0.2, 0) is 16.0 Å². The van der Waals surface area contributed by atoms with Crippen LogP contribution >= 0.6 is 0 Å². The Morgan fingerprint density at radius 3 is 2.27 bits per heavy atom. The summed E-state index contributed by atoms with van der Waals surface area (Å²) >= 11 is 0. The van der Waals surface area contributed by atoms with E-state index in [-0.39, 0.29) is 30.5 Å². The maximum Gasteiger partial charge on any atom is 0.463 e. The topological polar surface area (TPSA) is 80.2 Å². The highest BCUT2D eigenvalue weighted by atomic mass is 19.4. The van der Waals surface area contributed by atoms with E-state index in [0.717, 1.165) is 11.3 Å². The molecule has 0 aromatic heterocycles. The summed E-state index contributed by atoms with van der Waals surface area (Å²) in [6.07, 6.45) is -4.70. The van der Waals surface area contributed by atoms with Crippen LogP contribution in [0.25, 0.3) is 0 Å². The van der Waals surface area contributed by atoms with Gasteiger partial charge in [0, 0.05) is 30.1 Å². The number of hydrogen-bond acceptors (Lipinski definition) is 5. The first-order valence-corrected chi connectivity index (χ1v) is 11.4. The summed E-state index contributed by atoms with van der Waals surface area (Å²) in [6.45, 7) is 2.18. The lowest BCUT2D eigenvalue weighted by Crippen LogP contribution is -2.47. The average Bonchev–Trinajstić information content (AvgIpc) is 2.87. The summed E-state index contributed by atoms with van der Waals surface area (Å²) < 4.78 is 74.0. The SMILES string of the molecule is CCC1CC(=O)N(CCc2ccc(NC(=O)C(F)(F)C(F)(F)F)cc2)N=C1c1ccc(OC)c(OC)c1. The van der Waals surface area contributed by atoms with Crippen molar-refractivity contribution in [3.63, 3.8) is 0 Å². The second-order valence-electron chi connectivity index (χ2n) is 8.35. The summed E-state index contributed by atoms with van der Waals surface area (Å²) in [7, 11) is 3.05. The Bertz CT molecular complexity index is 1170. The Morgan fingerprint density at radius 1 is 1.05 bits per heavy atom. The number of alkyl halides is 5. The normalized spacial score (nSPS) is 16.3. The molecular formula is C25H26F5N3O4. The fourth-order valence-corrected chi connectivity index (χ4v) is 3.81. The van der Waals surface area contributed by atoms with E-state index < -0.39 is 18.0 Å². The number of nitrogens with one attached hydrogen (secondary N) is 1. The van der Waals surface area contributed by atoms with Gasteiger partial charge in [0.1, 0.15) is 0 Å². The Hall–Kier alpha value is -3.70. The molecule has 0 fully saturated rings. The van der Waals surface area contributed by atoms with Gasteiger partial charge in [0.05, 0.1) is 19.9 Å². The number of rotatable bonds is 9. The van der Waals surface area contributed by atoms with Crippen LogP contribution in [0.15, 0.2) is 47.6 Å². The van der Waals surface area contributed by atoms with E-state index in [1.807, 2.05) is 13.0 Å². The molecule has 1 aliphatic heterocycles. The minimum absolute atomic E-state index is 0.0837. The highest BCUT2D eigenvalue weighted by Crippen LogP contribution is 2.36. The number of anilines is 1. The van der Waals surface area contributed by atoms with Crippen LogP contribution in [0.1, 0.15) is 30.9 Å². The lowest BCUT2D eigenvalue weighted by molar-refractivity contribution is -0.267. The van der Waals surface area contributed by atoms with Crippen molar-refractivity contribution >= 4 is 23.2 Å². The van der Waals surface area contributed by atoms with E-state index >= 15 is 0 Å². The molecule has 0 aliphatic carbocycles. The van der Waals surface area contributed by atoms with E-state index in [1.165, 1.54) is 43.5 Å². The molecule has 1 atom stereocenters. The van der Waals surface area contributed by atoms with Gasteiger partial charge in [-0.3, -0.25) is 9.59 Å². The van der Waals surface area contributed by atoms with Crippen molar-refractivity contribution in [1.82, 2.24) is 5.01 Å². The number of methoxy groups -OCH3 is 2. The molecule has 37 heavy (non-hydrogen) atoms. The van der Waals surface area contributed by atoms with Gasteiger partial charge in [-0.05, 0) is 48.7 Å². The number of hydrogen-bond donors (Lipinski definition) is 1. The molecule has 0 bridgehead atoms. The third-order valence-electron chi connectivity index (χ3n) is 5.96. The predicted octanol–water partition coefficient (Wildman–Crippen LogP) is 5.05. The Kier molecular flexibility index (Phi) is 8.39. The fraction of sp³-hybridized carbons (Fsp3) is 0.400. The molecule has 0 spiro atoms.